The Morgan fingerprint density at radius 3 is 2.80 bits per heavy atom. The molecule has 0 bridgehead atoms. The van der Waals surface area contributed by atoms with Gasteiger partial charge in [-0.2, -0.15) is 0 Å². The molecule has 0 aliphatic carbocycles. The summed E-state index contributed by atoms with van der Waals surface area (Å²) in [6.07, 6.45) is -0.842. The number of H-pyrrole nitrogens is 1. The van der Waals surface area contributed by atoms with Crippen molar-refractivity contribution in [2.24, 2.45) is 5.73 Å². The van der Waals surface area contributed by atoms with Gasteiger partial charge in [-0.1, -0.05) is 6.07 Å². The average Bonchev–Trinajstić information content (AvgIpc) is 2.62. The number of halogens is 2. The van der Waals surface area contributed by atoms with Crippen molar-refractivity contribution in [1.29, 1.82) is 0 Å². The molecule has 4 heteroatoms. The highest BCUT2D eigenvalue weighted by atomic mass is 19.3. The Morgan fingerprint density at radius 2 is 2.07 bits per heavy atom. The van der Waals surface area contributed by atoms with Gasteiger partial charge in [0.25, 0.3) is 0 Å². The number of nitrogens with two attached hydrogens (primary N) is 1. The van der Waals surface area contributed by atoms with Gasteiger partial charge in [-0.15, -0.1) is 0 Å². The van der Waals surface area contributed by atoms with E-state index in [1.807, 2.05) is 24.4 Å². The fourth-order valence-corrected chi connectivity index (χ4v) is 1.63. The van der Waals surface area contributed by atoms with Crippen LogP contribution in [0.3, 0.4) is 0 Å². The summed E-state index contributed by atoms with van der Waals surface area (Å²) in [5.74, 6) is 0. The first kappa shape index (κ1) is 10.1. The quantitative estimate of drug-likeness (QED) is 0.803. The van der Waals surface area contributed by atoms with E-state index in [0.717, 1.165) is 16.5 Å². The lowest BCUT2D eigenvalue weighted by molar-refractivity contribution is 0.128. The van der Waals surface area contributed by atoms with E-state index in [1.54, 1.807) is 6.07 Å². The predicted molar refractivity (Wildman–Crippen MR) is 55.8 cm³/mol. The number of hydrogen-bond donors (Lipinski definition) is 2. The smallest absolute Gasteiger partial charge is 0.240 e. The molecule has 1 aromatic carbocycles. The van der Waals surface area contributed by atoms with Crippen molar-refractivity contribution < 1.29 is 8.78 Å². The molecule has 1 heterocycles. The van der Waals surface area contributed by atoms with E-state index in [0.29, 0.717) is 0 Å². The minimum absolute atomic E-state index is 0.296. The molecule has 80 valence electrons. The van der Waals surface area contributed by atoms with E-state index in [-0.39, 0.29) is 6.42 Å². The zero-order valence-electron chi connectivity index (χ0n) is 8.08. The molecule has 0 saturated carbocycles. The average molecular weight is 210 g/mol. The third-order valence-electron chi connectivity index (χ3n) is 2.44. The normalized spacial score (nSPS) is 13.6. The summed E-state index contributed by atoms with van der Waals surface area (Å²) in [5.41, 5.74) is 7.41. The molecule has 0 fully saturated rings. The van der Waals surface area contributed by atoms with Gasteiger partial charge in [0, 0.05) is 24.2 Å². The van der Waals surface area contributed by atoms with Crippen molar-refractivity contribution in [1.82, 2.24) is 4.98 Å². The maximum atomic E-state index is 12.1. The molecule has 2 nitrogen and oxygen atoms in total. The van der Waals surface area contributed by atoms with Crippen molar-refractivity contribution in [3.8, 4) is 0 Å². The van der Waals surface area contributed by atoms with Crippen LogP contribution in [0.25, 0.3) is 10.9 Å². The lowest BCUT2D eigenvalue weighted by Crippen LogP contribution is -2.13. The fraction of sp³-hybridized carbons (Fsp3) is 0.273. The summed E-state index contributed by atoms with van der Waals surface area (Å²) in [6, 6.07) is 6.79. The second-order valence-corrected chi connectivity index (χ2v) is 3.56. The number of rotatable bonds is 3. The summed E-state index contributed by atoms with van der Waals surface area (Å²) < 4.78 is 24.3. The fourth-order valence-electron chi connectivity index (χ4n) is 1.63. The molecule has 0 aliphatic rings. The Labute approximate surface area is 86.1 Å². The van der Waals surface area contributed by atoms with Gasteiger partial charge in [0.2, 0.25) is 6.43 Å². The number of alkyl halides is 2. The van der Waals surface area contributed by atoms with Gasteiger partial charge >= 0.3 is 0 Å². The predicted octanol–water partition coefficient (Wildman–Crippen LogP) is 2.82. The van der Waals surface area contributed by atoms with Crippen molar-refractivity contribution in [3.63, 3.8) is 0 Å². The standard InChI is InChI=1S/C11H12F2N2/c12-11(13)6-9(14)7-1-2-10-8(5-7)3-4-15-10/h1-5,9,11,15H,6,14H2/t9-/m0/s1. The molecule has 1 aromatic heterocycles. The van der Waals surface area contributed by atoms with E-state index >= 15 is 0 Å². The molecule has 15 heavy (non-hydrogen) atoms. The summed E-state index contributed by atoms with van der Waals surface area (Å²) in [5, 5.41) is 0.997. The molecular weight excluding hydrogens is 198 g/mol. The number of aromatic nitrogens is 1. The maximum Gasteiger partial charge on any atom is 0.240 e. The molecular formula is C11H12F2N2. The van der Waals surface area contributed by atoms with Crippen LogP contribution in [-0.2, 0) is 0 Å². The minimum Gasteiger partial charge on any atom is -0.361 e. The van der Waals surface area contributed by atoms with E-state index < -0.39 is 12.5 Å². The van der Waals surface area contributed by atoms with Crippen LogP contribution >= 0.6 is 0 Å². The second-order valence-electron chi connectivity index (χ2n) is 3.56. The summed E-state index contributed by atoms with van der Waals surface area (Å²) in [6.45, 7) is 0. The van der Waals surface area contributed by atoms with E-state index in [2.05, 4.69) is 4.98 Å². The van der Waals surface area contributed by atoms with Crippen LogP contribution in [0.2, 0.25) is 0 Å². The molecule has 2 rings (SSSR count). The van der Waals surface area contributed by atoms with Crippen molar-refractivity contribution in [2.75, 3.05) is 0 Å². The Morgan fingerprint density at radius 1 is 1.27 bits per heavy atom. The van der Waals surface area contributed by atoms with Crippen LogP contribution in [0.5, 0.6) is 0 Å². The molecule has 2 aromatic rings. The van der Waals surface area contributed by atoms with Crippen LogP contribution < -0.4 is 5.73 Å². The van der Waals surface area contributed by atoms with Crippen LogP contribution in [0, 0.1) is 0 Å². The highest BCUT2D eigenvalue weighted by Crippen LogP contribution is 2.22. The van der Waals surface area contributed by atoms with E-state index in [4.69, 9.17) is 5.73 Å². The van der Waals surface area contributed by atoms with E-state index in [1.165, 1.54) is 0 Å². The third kappa shape index (κ3) is 2.15. The Kier molecular flexibility index (Phi) is 2.68. The molecule has 0 radical (unpaired) electrons. The van der Waals surface area contributed by atoms with Crippen molar-refractivity contribution in [2.45, 2.75) is 18.9 Å². The topological polar surface area (TPSA) is 41.8 Å². The SMILES string of the molecule is N[C@@H](CC(F)F)c1ccc2[nH]ccc2c1. The van der Waals surface area contributed by atoms with Crippen LogP contribution in [-0.4, -0.2) is 11.4 Å². The third-order valence-corrected chi connectivity index (χ3v) is 2.44. The highest BCUT2D eigenvalue weighted by molar-refractivity contribution is 5.80. The molecule has 0 unspecified atom stereocenters. The summed E-state index contributed by atoms with van der Waals surface area (Å²) in [7, 11) is 0. The second kappa shape index (κ2) is 3.98. The lowest BCUT2D eigenvalue weighted by Gasteiger charge is -2.11. The number of nitrogens with one attached hydrogen (secondary N) is 1. The maximum absolute atomic E-state index is 12.1. The van der Waals surface area contributed by atoms with Gasteiger partial charge in [-0.05, 0) is 29.1 Å². The Hall–Kier alpha value is -1.42. The molecule has 0 spiro atoms. The van der Waals surface area contributed by atoms with Crippen LogP contribution in [0.15, 0.2) is 30.5 Å². The molecule has 0 amide bonds. The van der Waals surface area contributed by atoms with Gasteiger partial charge in [0.15, 0.2) is 0 Å². The van der Waals surface area contributed by atoms with Gasteiger partial charge in [-0.25, -0.2) is 8.78 Å². The largest absolute Gasteiger partial charge is 0.361 e. The molecule has 3 N–H and O–H groups in total. The number of benzene rings is 1. The molecule has 0 aliphatic heterocycles. The van der Waals surface area contributed by atoms with E-state index in [9.17, 15) is 8.78 Å². The first-order valence-corrected chi connectivity index (χ1v) is 4.77. The van der Waals surface area contributed by atoms with Gasteiger partial charge in [0.1, 0.15) is 0 Å². The Bertz CT molecular complexity index is 451. The highest BCUT2D eigenvalue weighted by Gasteiger charge is 2.13. The summed E-state index contributed by atoms with van der Waals surface area (Å²) >= 11 is 0. The lowest BCUT2D eigenvalue weighted by atomic mass is 10.0. The number of hydrogen-bond acceptors (Lipinski definition) is 1. The summed E-state index contributed by atoms with van der Waals surface area (Å²) in [4.78, 5) is 3.04. The zero-order valence-corrected chi connectivity index (χ0v) is 8.08. The molecule has 1 atom stereocenters. The van der Waals surface area contributed by atoms with Crippen LogP contribution in [0.1, 0.15) is 18.0 Å². The first-order valence-electron chi connectivity index (χ1n) is 4.77. The first-order chi connectivity index (χ1) is 7.16. The van der Waals surface area contributed by atoms with Crippen molar-refractivity contribution >= 4 is 10.9 Å². The molecule has 0 saturated heterocycles. The van der Waals surface area contributed by atoms with Crippen LogP contribution in [0.4, 0.5) is 8.78 Å². The monoisotopic (exact) mass is 210 g/mol. The van der Waals surface area contributed by atoms with Gasteiger partial charge in [-0.3, -0.25) is 0 Å². The number of aromatic amines is 1. The van der Waals surface area contributed by atoms with Gasteiger partial charge in [0.05, 0.1) is 0 Å². The Balaban J connectivity index is 2.27. The zero-order chi connectivity index (χ0) is 10.8. The number of fused-ring (bicyclic) bond motifs is 1. The van der Waals surface area contributed by atoms with Gasteiger partial charge < -0.3 is 10.7 Å². The van der Waals surface area contributed by atoms with Crippen molar-refractivity contribution in [3.05, 3.63) is 36.0 Å². The minimum atomic E-state index is -2.36.